The summed E-state index contributed by atoms with van der Waals surface area (Å²) in [5.41, 5.74) is 1.63. The third kappa shape index (κ3) is 3.88. The number of benzene rings is 1. The molecule has 2 aromatic rings. The highest BCUT2D eigenvalue weighted by atomic mass is 16.5. The molecule has 2 N–H and O–H groups in total. The molecular formula is C18H20N4O3. The smallest absolute Gasteiger partial charge is 0.320 e. The Morgan fingerprint density at radius 1 is 1.32 bits per heavy atom. The lowest BCUT2D eigenvalue weighted by molar-refractivity contribution is -0.117. The highest BCUT2D eigenvalue weighted by Gasteiger charge is 2.31. The molecule has 3 amide bonds. The molecule has 0 spiro atoms. The van der Waals surface area contributed by atoms with Crippen LogP contribution in [0.2, 0.25) is 0 Å². The maximum Gasteiger partial charge on any atom is 0.320 e. The predicted molar refractivity (Wildman–Crippen MR) is 94.9 cm³/mol. The summed E-state index contributed by atoms with van der Waals surface area (Å²) in [4.78, 5) is 30.2. The number of carbonyl (C=O) groups is 2. The number of amides is 3. The van der Waals surface area contributed by atoms with Crippen molar-refractivity contribution in [1.82, 2.24) is 10.3 Å². The van der Waals surface area contributed by atoms with Crippen molar-refractivity contribution in [2.45, 2.75) is 19.4 Å². The summed E-state index contributed by atoms with van der Waals surface area (Å²) in [6, 6.07) is 10.3. The van der Waals surface area contributed by atoms with Crippen molar-refractivity contribution in [2.75, 3.05) is 23.9 Å². The fraction of sp³-hybridized carbons (Fsp3) is 0.278. The van der Waals surface area contributed by atoms with Gasteiger partial charge in [-0.25, -0.2) is 9.78 Å². The third-order valence-electron chi connectivity index (χ3n) is 4.07. The molecule has 0 unspecified atom stereocenters. The fourth-order valence-electron chi connectivity index (χ4n) is 2.78. The molecule has 1 aliphatic heterocycles. The number of hydrogen-bond acceptors (Lipinski definition) is 4. The van der Waals surface area contributed by atoms with Crippen LogP contribution in [0, 0.1) is 6.92 Å². The van der Waals surface area contributed by atoms with E-state index in [-0.39, 0.29) is 24.4 Å². The van der Waals surface area contributed by atoms with Gasteiger partial charge in [0.2, 0.25) is 5.91 Å². The van der Waals surface area contributed by atoms with E-state index >= 15 is 0 Å². The van der Waals surface area contributed by atoms with Gasteiger partial charge >= 0.3 is 6.03 Å². The molecule has 0 bridgehead atoms. The van der Waals surface area contributed by atoms with Crippen molar-refractivity contribution in [3.8, 4) is 5.75 Å². The normalized spacial score (nSPS) is 16.6. The van der Waals surface area contributed by atoms with E-state index in [2.05, 4.69) is 15.6 Å². The second kappa shape index (κ2) is 7.21. The molecule has 1 saturated heterocycles. The quantitative estimate of drug-likeness (QED) is 0.895. The molecule has 130 valence electrons. The second-order valence-corrected chi connectivity index (χ2v) is 5.87. The van der Waals surface area contributed by atoms with Gasteiger partial charge < -0.3 is 15.0 Å². The highest BCUT2D eigenvalue weighted by molar-refractivity contribution is 5.97. The lowest BCUT2D eigenvalue weighted by Crippen LogP contribution is -2.40. The minimum Gasteiger partial charge on any atom is -0.497 e. The first kappa shape index (κ1) is 16.8. The number of pyridine rings is 1. The van der Waals surface area contributed by atoms with Gasteiger partial charge in [-0.2, -0.15) is 0 Å². The van der Waals surface area contributed by atoms with Crippen molar-refractivity contribution >= 4 is 23.4 Å². The van der Waals surface area contributed by atoms with E-state index in [1.54, 1.807) is 30.3 Å². The molecular weight excluding hydrogens is 320 g/mol. The van der Waals surface area contributed by atoms with E-state index in [1.165, 1.54) is 0 Å². The largest absolute Gasteiger partial charge is 0.497 e. The number of urea groups is 1. The van der Waals surface area contributed by atoms with E-state index in [9.17, 15) is 9.59 Å². The predicted octanol–water partition coefficient (Wildman–Crippen LogP) is 2.33. The topological polar surface area (TPSA) is 83.6 Å². The van der Waals surface area contributed by atoms with Crippen molar-refractivity contribution in [2.24, 2.45) is 0 Å². The fourth-order valence-corrected chi connectivity index (χ4v) is 2.78. The van der Waals surface area contributed by atoms with Gasteiger partial charge in [-0.05, 0) is 30.7 Å². The number of nitrogens with zero attached hydrogens (tertiary/aromatic N) is 2. The molecule has 1 atom stereocenters. The van der Waals surface area contributed by atoms with Crippen LogP contribution in [0.5, 0.6) is 5.75 Å². The van der Waals surface area contributed by atoms with E-state index < -0.39 is 0 Å². The number of ether oxygens (including phenoxy) is 1. The van der Waals surface area contributed by atoms with Crippen LogP contribution in [0.25, 0.3) is 0 Å². The molecule has 2 heterocycles. The molecule has 25 heavy (non-hydrogen) atoms. The number of hydrogen-bond donors (Lipinski definition) is 2. The van der Waals surface area contributed by atoms with Crippen LogP contribution in [0.3, 0.4) is 0 Å². The zero-order chi connectivity index (χ0) is 17.8. The Morgan fingerprint density at radius 3 is 2.92 bits per heavy atom. The van der Waals surface area contributed by atoms with Gasteiger partial charge in [0, 0.05) is 30.9 Å². The molecule has 1 aromatic carbocycles. The molecule has 7 nitrogen and oxygen atoms in total. The maximum atomic E-state index is 12.3. The van der Waals surface area contributed by atoms with Gasteiger partial charge in [-0.15, -0.1) is 0 Å². The standard InChI is InChI=1S/C18H20N4O3/c1-12-5-4-8-19-17(12)21-18(24)20-13-9-16(23)22(11-13)14-6-3-7-15(10-14)25-2/h3-8,10,13H,9,11H2,1-2H3,(H2,19,20,21,24)/t13-/m1/s1. The van der Waals surface area contributed by atoms with E-state index in [0.717, 1.165) is 11.3 Å². The van der Waals surface area contributed by atoms with Gasteiger partial charge in [0.05, 0.1) is 13.2 Å². The van der Waals surface area contributed by atoms with Crippen molar-refractivity contribution in [3.63, 3.8) is 0 Å². The van der Waals surface area contributed by atoms with E-state index in [4.69, 9.17) is 4.74 Å². The molecule has 3 rings (SSSR count). The first-order valence-corrected chi connectivity index (χ1v) is 8.00. The van der Waals surface area contributed by atoms with Crippen molar-refractivity contribution in [1.29, 1.82) is 0 Å². The summed E-state index contributed by atoms with van der Waals surface area (Å²) < 4.78 is 5.19. The summed E-state index contributed by atoms with van der Waals surface area (Å²) in [5, 5.41) is 5.54. The first-order chi connectivity index (χ1) is 12.1. The average Bonchev–Trinajstić information content (AvgIpc) is 2.97. The Bertz CT molecular complexity index is 793. The SMILES string of the molecule is COc1cccc(N2C[C@H](NC(=O)Nc3ncccc3C)CC2=O)c1. The Balaban J connectivity index is 1.62. The number of anilines is 2. The van der Waals surface area contributed by atoms with Gasteiger partial charge in [0.15, 0.2) is 0 Å². The Labute approximate surface area is 146 Å². The van der Waals surface area contributed by atoms with Crippen LogP contribution in [-0.4, -0.2) is 36.6 Å². The molecule has 7 heteroatoms. The molecule has 1 aromatic heterocycles. The molecule has 0 aliphatic carbocycles. The summed E-state index contributed by atoms with van der Waals surface area (Å²) in [6.07, 6.45) is 1.87. The highest BCUT2D eigenvalue weighted by Crippen LogP contribution is 2.25. The number of aromatic nitrogens is 1. The Hall–Kier alpha value is -3.09. The lowest BCUT2D eigenvalue weighted by atomic mass is 10.2. The van der Waals surface area contributed by atoms with E-state index in [0.29, 0.717) is 18.1 Å². The number of aryl methyl sites for hydroxylation is 1. The van der Waals surface area contributed by atoms with Gasteiger partial charge in [0.25, 0.3) is 0 Å². The Kier molecular flexibility index (Phi) is 4.83. The Morgan fingerprint density at radius 2 is 2.16 bits per heavy atom. The maximum absolute atomic E-state index is 12.3. The van der Waals surface area contributed by atoms with Gasteiger partial charge in [-0.1, -0.05) is 12.1 Å². The van der Waals surface area contributed by atoms with Crippen LogP contribution in [0.4, 0.5) is 16.3 Å². The van der Waals surface area contributed by atoms with Crippen LogP contribution in [0.1, 0.15) is 12.0 Å². The number of nitrogens with one attached hydrogen (secondary N) is 2. The van der Waals surface area contributed by atoms with Crippen LogP contribution in [0.15, 0.2) is 42.6 Å². The summed E-state index contributed by atoms with van der Waals surface area (Å²) in [6.45, 7) is 2.28. The third-order valence-corrected chi connectivity index (χ3v) is 4.07. The van der Waals surface area contributed by atoms with E-state index in [1.807, 2.05) is 31.2 Å². The van der Waals surface area contributed by atoms with Crippen LogP contribution >= 0.6 is 0 Å². The molecule has 1 fully saturated rings. The zero-order valence-electron chi connectivity index (χ0n) is 14.2. The second-order valence-electron chi connectivity index (χ2n) is 5.87. The average molecular weight is 340 g/mol. The minimum absolute atomic E-state index is 0.0347. The molecule has 0 saturated carbocycles. The van der Waals surface area contributed by atoms with Crippen LogP contribution < -0.4 is 20.3 Å². The number of carbonyl (C=O) groups excluding carboxylic acids is 2. The molecule has 0 radical (unpaired) electrons. The molecule has 1 aliphatic rings. The zero-order valence-corrected chi connectivity index (χ0v) is 14.2. The number of rotatable bonds is 4. The van der Waals surface area contributed by atoms with Crippen LogP contribution in [-0.2, 0) is 4.79 Å². The first-order valence-electron chi connectivity index (χ1n) is 8.00. The summed E-state index contributed by atoms with van der Waals surface area (Å²) in [7, 11) is 1.58. The van der Waals surface area contributed by atoms with Gasteiger partial charge in [0.1, 0.15) is 11.6 Å². The summed E-state index contributed by atoms with van der Waals surface area (Å²) in [5.74, 6) is 1.16. The minimum atomic E-state index is -0.368. The number of methoxy groups -OCH3 is 1. The lowest BCUT2D eigenvalue weighted by Gasteiger charge is -2.18. The summed E-state index contributed by atoms with van der Waals surface area (Å²) >= 11 is 0. The van der Waals surface area contributed by atoms with Crippen molar-refractivity contribution < 1.29 is 14.3 Å². The monoisotopic (exact) mass is 340 g/mol. The van der Waals surface area contributed by atoms with Gasteiger partial charge in [-0.3, -0.25) is 10.1 Å². The van der Waals surface area contributed by atoms with Crippen molar-refractivity contribution in [3.05, 3.63) is 48.2 Å².